The summed E-state index contributed by atoms with van der Waals surface area (Å²) in [5, 5.41) is 5.87. The first-order valence-corrected chi connectivity index (χ1v) is 17.4. The largest absolute Gasteiger partial charge is 0.446 e. The molecule has 4 N–H and O–H groups in total. The lowest BCUT2D eigenvalue weighted by molar-refractivity contribution is -0.144. The van der Waals surface area contributed by atoms with Crippen LogP contribution in [-0.2, 0) is 23.9 Å². The topological polar surface area (TPSA) is 148 Å². The molecule has 10 heteroatoms. The molecule has 44 heavy (non-hydrogen) atoms. The maximum atomic E-state index is 14.4. The first-order chi connectivity index (χ1) is 21.0. The third-order valence-corrected chi connectivity index (χ3v) is 13.3. The van der Waals surface area contributed by atoms with Gasteiger partial charge in [0.2, 0.25) is 17.6 Å². The molecular weight excluding hydrogens is 560 g/mol. The number of ether oxygens (including phenoxy) is 1. The molecule has 6 saturated carbocycles. The quantitative estimate of drug-likeness (QED) is 0.323. The van der Waals surface area contributed by atoms with Crippen LogP contribution in [-0.4, -0.2) is 65.3 Å². The van der Waals surface area contributed by atoms with Gasteiger partial charge in [0.05, 0.1) is 6.04 Å². The molecule has 6 aliphatic carbocycles. The van der Waals surface area contributed by atoms with Crippen molar-refractivity contribution in [3.63, 3.8) is 0 Å². The van der Waals surface area contributed by atoms with Gasteiger partial charge in [0.25, 0.3) is 5.91 Å². The summed E-state index contributed by atoms with van der Waals surface area (Å²) >= 11 is 0. The van der Waals surface area contributed by atoms with Gasteiger partial charge in [0.1, 0.15) is 18.2 Å². The number of piperidine rings is 1. The maximum absolute atomic E-state index is 14.4. The average molecular weight is 611 g/mol. The summed E-state index contributed by atoms with van der Waals surface area (Å²) in [6.07, 6.45) is 13.2. The Morgan fingerprint density at radius 3 is 2.34 bits per heavy atom. The molecule has 0 aromatic rings. The number of primary amides is 1. The Morgan fingerprint density at radius 1 is 0.932 bits per heavy atom. The predicted molar refractivity (Wildman–Crippen MR) is 161 cm³/mol. The lowest BCUT2D eigenvalue weighted by atomic mass is 9.80. The van der Waals surface area contributed by atoms with Crippen molar-refractivity contribution in [1.29, 1.82) is 0 Å². The zero-order valence-electron chi connectivity index (χ0n) is 26.4. The molecule has 7 aliphatic rings. The number of Topliss-reactive ketones (excluding diaryl/α,β-unsaturated/α-hetero) is 1. The van der Waals surface area contributed by atoms with Crippen molar-refractivity contribution in [2.75, 3.05) is 6.54 Å². The molecule has 2 bridgehead atoms. The molecule has 1 saturated heterocycles. The van der Waals surface area contributed by atoms with Crippen LogP contribution in [0.25, 0.3) is 0 Å². The van der Waals surface area contributed by atoms with Crippen LogP contribution in [0.1, 0.15) is 104 Å². The monoisotopic (exact) mass is 610 g/mol. The van der Waals surface area contributed by atoms with Crippen molar-refractivity contribution >= 4 is 29.6 Å². The van der Waals surface area contributed by atoms with Gasteiger partial charge in [-0.1, -0.05) is 52.4 Å². The zero-order valence-corrected chi connectivity index (χ0v) is 26.4. The summed E-state index contributed by atoms with van der Waals surface area (Å²) in [7, 11) is 0. The lowest BCUT2D eigenvalue weighted by Crippen LogP contribution is -2.60. The molecule has 1 spiro atoms. The molecule has 4 amide bonds. The van der Waals surface area contributed by atoms with E-state index >= 15 is 0 Å². The molecule has 9 atom stereocenters. The van der Waals surface area contributed by atoms with E-state index in [0.29, 0.717) is 24.3 Å². The van der Waals surface area contributed by atoms with E-state index in [9.17, 15) is 24.0 Å². The van der Waals surface area contributed by atoms with Gasteiger partial charge in [-0.2, -0.15) is 0 Å². The molecule has 242 valence electrons. The normalized spacial score (nSPS) is 37.9. The minimum Gasteiger partial charge on any atom is -0.446 e. The third kappa shape index (κ3) is 5.31. The van der Waals surface area contributed by atoms with Crippen molar-refractivity contribution in [1.82, 2.24) is 15.5 Å². The van der Waals surface area contributed by atoms with Crippen LogP contribution in [0.4, 0.5) is 4.79 Å². The first-order valence-electron chi connectivity index (χ1n) is 17.4. The highest BCUT2D eigenvalue weighted by atomic mass is 16.6. The summed E-state index contributed by atoms with van der Waals surface area (Å²) in [5.41, 5.74) is 5.63. The molecule has 0 aromatic carbocycles. The van der Waals surface area contributed by atoms with Gasteiger partial charge in [0, 0.05) is 6.54 Å². The number of hydrogen-bond donors (Lipinski definition) is 3. The van der Waals surface area contributed by atoms with Crippen molar-refractivity contribution in [2.24, 2.45) is 52.1 Å². The van der Waals surface area contributed by atoms with Crippen LogP contribution >= 0.6 is 0 Å². The van der Waals surface area contributed by atoms with Crippen molar-refractivity contribution in [3.05, 3.63) is 0 Å². The van der Waals surface area contributed by atoms with Crippen molar-refractivity contribution in [2.45, 2.75) is 128 Å². The predicted octanol–water partition coefficient (Wildman–Crippen LogP) is 3.45. The summed E-state index contributed by atoms with van der Waals surface area (Å²) in [6, 6.07) is -2.51. The summed E-state index contributed by atoms with van der Waals surface area (Å²) < 4.78 is 6.01. The average Bonchev–Trinajstić information content (AvgIpc) is 3.58. The second-order valence-electron chi connectivity index (χ2n) is 16.3. The molecule has 10 nitrogen and oxygen atoms in total. The summed E-state index contributed by atoms with van der Waals surface area (Å²) in [6.45, 7) is 4.65. The molecule has 1 heterocycles. The highest BCUT2D eigenvalue weighted by molar-refractivity contribution is 6.37. The zero-order chi connectivity index (χ0) is 31.0. The summed E-state index contributed by atoms with van der Waals surface area (Å²) in [4.78, 5) is 68.0. The van der Waals surface area contributed by atoms with Crippen molar-refractivity contribution in [3.8, 4) is 0 Å². The molecule has 0 radical (unpaired) electrons. The number of nitrogens with zero attached hydrogens (tertiary/aromatic N) is 1. The highest BCUT2D eigenvalue weighted by Gasteiger charge is 2.70. The van der Waals surface area contributed by atoms with E-state index in [1.807, 2.05) is 0 Å². The third-order valence-electron chi connectivity index (χ3n) is 13.3. The van der Waals surface area contributed by atoms with Crippen LogP contribution in [0.3, 0.4) is 0 Å². The van der Waals surface area contributed by atoms with E-state index in [4.69, 9.17) is 10.5 Å². The van der Waals surface area contributed by atoms with Gasteiger partial charge in [-0.25, -0.2) is 4.79 Å². The van der Waals surface area contributed by atoms with Gasteiger partial charge in [0.15, 0.2) is 0 Å². The van der Waals surface area contributed by atoms with Crippen LogP contribution in [0.15, 0.2) is 0 Å². The highest BCUT2D eigenvalue weighted by Crippen LogP contribution is 2.71. The van der Waals surface area contributed by atoms with Crippen molar-refractivity contribution < 1.29 is 28.7 Å². The van der Waals surface area contributed by atoms with Crippen LogP contribution in [0.5, 0.6) is 0 Å². The lowest BCUT2D eigenvalue weighted by Gasteiger charge is -2.37. The van der Waals surface area contributed by atoms with Gasteiger partial charge in [-0.15, -0.1) is 0 Å². The van der Waals surface area contributed by atoms with Gasteiger partial charge >= 0.3 is 6.09 Å². The number of likely N-dealkylation sites (tertiary alicyclic amines) is 1. The molecule has 1 aliphatic heterocycles. The van der Waals surface area contributed by atoms with Crippen LogP contribution in [0.2, 0.25) is 0 Å². The number of nitrogens with two attached hydrogens (primary N) is 1. The van der Waals surface area contributed by atoms with E-state index in [0.717, 1.165) is 70.1 Å². The molecule has 7 rings (SSSR count). The fourth-order valence-electron chi connectivity index (χ4n) is 10.5. The number of hydrogen-bond acceptors (Lipinski definition) is 6. The molecule has 0 aromatic heterocycles. The SMILES string of the molecule is CC1(C)C2CN(C(=O)[C@@H](NC(=O)O[C@H]3CC4CC5C[C@]5(C4)C3)C3CCCCC3)[C@H](C(=O)NC(CC3CCC3)C(=O)C(N)=O)C21. The fraction of sp³-hybridized carbons (Fsp3) is 0.853. The Hall–Kier alpha value is -2.65. The standard InChI is InChI=1S/C34H50N4O6/c1-33(2)23-17-38(27(25(23)33)30(41)36-24(28(39)29(35)40)13-18-7-6-8-18)31(42)26(20-9-4-3-5-10-20)37-32(43)44-22-12-19-11-21-15-34(21,14-19)16-22/h18-27H,3-17H2,1-2H3,(H2,35,40)(H,36,41)(H,37,43)/t19?,21?,22-,23?,24?,25?,26-,27-,34+/m0/s1. The Labute approximate surface area is 260 Å². The number of rotatable bonds is 10. The second kappa shape index (κ2) is 11.0. The molecular formula is C34H50N4O6. The van der Waals surface area contributed by atoms with E-state index in [-0.39, 0.29) is 41.1 Å². The fourth-order valence-corrected chi connectivity index (χ4v) is 10.5. The number of alkyl carbamates (subject to hydrolysis) is 1. The van der Waals surface area contributed by atoms with E-state index < -0.39 is 41.8 Å². The number of carbonyl (C=O) groups excluding carboxylic acids is 5. The van der Waals surface area contributed by atoms with Gasteiger partial charge in [-0.3, -0.25) is 19.2 Å². The van der Waals surface area contributed by atoms with E-state index in [1.54, 1.807) is 4.90 Å². The van der Waals surface area contributed by atoms with Crippen LogP contribution < -0.4 is 16.4 Å². The minimum atomic E-state index is -1.05. The molecule has 5 unspecified atom stereocenters. The Bertz CT molecular complexity index is 1230. The first kappa shape index (κ1) is 30.0. The number of carbonyl (C=O) groups is 5. The maximum Gasteiger partial charge on any atom is 0.408 e. The van der Waals surface area contributed by atoms with Gasteiger partial charge < -0.3 is 26.0 Å². The number of fused-ring (bicyclic) bond motifs is 2. The number of ketones is 1. The smallest absolute Gasteiger partial charge is 0.408 e. The Morgan fingerprint density at radius 2 is 1.68 bits per heavy atom. The number of amides is 4. The van der Waals surface area contributed by atoms with E-state index in [1.165, 1.54) is 19.3 Å². The summed E-state index contributed by atoms with van der Waals surface area (Å²) in [5.74, 6) is -0.685. The van der Waals surface area contributed by atoms with E-state index in [2.05, 4.69) is 24.5 Å². The van der Waals surface area contributed by atoms with Crippen LogP contribution in [0, 0.1) is 46.3 Å². The van der Waals surface area contributed by atoms with Gasteiger partial charge in [-0.05, 0) is 97.7 Å². The number of nitrogens with one attached hydrogen (secondary N) is 2. The Balaban J connectivity index is 1.07. The Kier molecular flexibility index (Phi) is 7.51. The minimum absolute atomic E-state index is 0.0193. The molecule has 7 fully saturated rings. The second-order valence-corrected chi connectivity index (χ2v) is 16.3.